The van der Waals surface area contributed by atoms with Gasteiger partial charge >= 0.3 is 0 Å². The molecule has 5 aromatic rings. The van der Waals surface area contributed by atoms with Gasteiger partial charge < -0.3 is 0 Å². The Balaban J connectivity index is 1.35. The van der Waals surface area contributed by atoms with E-state index in [1.54, 1.807) is 9.80 Å². The van der Waals surface area contributed by atoms with Gasteiger partial charge in [-0.3, -0.25) is 29.0 Å². The third kappa shape index (κ3) is 10.0. The van der Waals surface area contributed by atoms with E-state index in [9.17, 15) is 0 Å². The second-order valence-electron chi connectivity index (χ2n) is 18.7. The maximum absolute atomic E-state index is 15.1. The second-order valence-corrected chi connectivity index (χ2v) is 23.4. The maximum Gasteiger partial charge on any atom is 0.262 e. The van der Waals surface area contributed by atoms with E-state index in [-0.39, 0.29) is 35.7 Å². The van der Waals surface area contributed by atoms with Gasteiger partial charge in [-0.2, -0.15) is 0 Å². The Labute approximate surface area is 436 Å². The summed E-state index contributed by atoms with van der Waals surface area (Å²) in [4.78, 5) is 63.6. The van der Waals surface area contributed by atoms with Crippen LogP contribution in [0, 0.1) is 14.3 Å². The average Bonchev–Trinajstić information content (AvgIpc) is 3.26. The quantitative estimate of drug-likeness (QED) is 0.0182. The molecule has 2 heterocycles. The van der Waals surface area contributed by atoms with Gasteiger partial charge in [0.15, 0.2) is 0 Å². The first-order valence-electron chi connectivity index (χ1n) is 24.8. The number of hydrogen-bond acceptors (Lipinski definition) is 4. The topological polar surface area (TPSA) is 74.8 Å². The van der Waals surface area contributed by atoms with Gasteiger partial charge in [0.25, 0.3) is 23.6 Å². The Hall–Kier alpha value is -1.40. The molecular weight excluding hydrogens is 1250 g/mol. The summed E-state index contributed by atoms with van der Waals surface area (Å²) in [6.45, 7) is 8.91. The third-order valence-electron chi connectivity index (χ3n) is 14.2. The molecule has 4 amide bonds. The first kappa shape index (κ1) is 50.5. The van der Waals surface area contributed by atoms with E-state index in [1.807, 2.05) is 0 Å². The minimum absolute atomic E-state index is 0.137. The van der Waals surface area contributed by atoms with Crippen LogP contribution < -0.4 is 0 Å². The molecule has 0 aliphatic carbocycles. The summed E-state index contributed by atoms with van der Waals surface area (Å²) >= 11 is 9.30. The van der Waals surface area contributed by atoms with Crippen molar-refractivity contribution in [2.75, 3.05) is 0 Å². The largest absolute Gasteiger partial charge is 0.271 e. The number of benzene rings is 5. The van der Waals surface area contributed by atoms with Gasteiger partial charge in [0.2, 0.25) is 0 Å². The molecule has 0 saturated carbocycles. The number of amides is 4. The van der Waals surface area contributed by atoms with Gasteiger partial charge in [-0.25, -0.2) is 0 Å². The second kappa shape index (κ2) is 23.3. The van der Waals surface area contributed by atoms with Crippen LogP contribution in [-0.2, 0) is 0 Å². The first-order valence-corrected chi connectivity index (χ1v) is 29.1. The predicted octanol–water partition coefficient (Wildman–Crippen LogP) is 17.5. The number of imide groups is 2. The van der Waals surface area contributed by atoms with Crippen molar-refractivity contribution >= 4 is 157 Å². The van der Waals surface area contributed by atoms with E-state index in [0.717, 1.165) is 134 Å². The number of nitrogens with zero attached hydrogens (tertiary/aromatic N) is 2. The number of rotatable bonds is 26. The van der Waals surface area contributed by atoms with Crippen LogP contribution in [-0.4, -0.2) is 45.5 Å². The summed E-state index contributed by atoms with van der Waals surface area (Å²) in [5.41, 5.74) is 2.52. The van der Waals surface area contributed by atoms with Crippen LogP contribution in [0.5, 0.6) is 0 Å². The fourth-order valence-electron chi connectivity index (χ4n) is 10.9. The highest BCUT2D eigenvalue weighted by Gasteiger charge is 2.43. The molecule has 0 spiro atoms. The lowest BCUT2D eigenvalue weighted by Gasteiger charge is -2.36. The van der Waals surface area contributed by atoms with Crippen LogP contribution in [0.4, 0.5) is 0 Å². The fraction of sp³-hybridized carbons (Fsp3) is 0.556. The SMILES string of the molecule is CCCCCCCC(CCCCCCC)N1C(=O)c2c(I)cc3c4cc(I)c5c6c(c(I)cc(c7cc(I)c(c2c37)C1=O)c64)C(=O)N(C(CCCCCCC)CCCCCCC)C5=O. The van der Waals surface area contributed by atoms with Crippen LogP contribution in [0.2, 0.25) is 0 Å². The summed E-state index contributed by atoms with van der Waals surface area (Å²) in [6.07, 6.45) is 26.1. The van der Waals surface area contributed by atoms with Crippen molar-refractivity contribution in [1.29, 1.82) is 0 Å². The lowest BCUT2D eigenvalue weighted by Crippen LogP contribution is -2.48. The molecule has 344 valence electrons. The van der Waals surface area contributed by atoms with Gasteiger partial charge in [0.1, 0.15) is 0 Å². The van der Waals surface area contributed by atoms with E-state index in [4.69, 9.17) is 0 Å². The van der Waals surface area contributed by atoms with Crippen LogP contribution in [0.1, 0.15) is 223 Å². The highest BCUT2D eigenvalue weighted by atomic mass is 127. The molecule has 64 heavy (non-hydrogen) atoms. The molecule has 7 rings (SSSR count). The van der Waals surface area contributed by atoms with Crippen molar-refractivity contribution in [3.05, 3.63) is 60.8 Å². The molecule has 0 aromatic heterocycles. The number of hydrogen-bond donors (Lipinski definition) is 0. The van der Waals surface area contributed by atoms with Crippen molar-refractivity contribution in [3.63, 3.8) is 0 Å². The summed E-state index contributed by atoms with van der Waals surface area (Å²) in [5.74, 6) is -0.684. The minimum atomic E-state index is -0.171. The van der Waals surface area contributed by atoms with Crippen molar-refractivity contribution in [2.45, 2.75) is 194 Å². The van der Waals surface area contributed by atoms with Crippen LogP contribution in [0.3, 0.4) is 0 Å². The van der Waals surface area contributed by atoms with Crippen LogP contribution >= 0.6 is 90.4 Å². The molecule has 10 heteroatoms. The molecule has 0 fully saturated rings. The standard InChI is InChI=1S/C54H66I4N2O4/c1-5-9-13-17-21-25-33(26-22-18-14-10-6-2)59-51(61)45-39(55)29-35-37-31-41(57)47-50-44(37)38(36-30-40(56)46(52(59)62)49(45)43(35)36)32-42(58)48(50)54(64)60(53(47)63)34(27-23-19-15-11-7-3)28-24-20-16-12-8-4/h29-34H,5-28H2,1-4H3. The molecule has 2 aliphatic heterocycles. The van der Waals surface area contributed by atoms with Gasteiger partial charge in [-0.1, -0.05) is 156 Å². The number of carbonyl (C=O) groups is 4. The van der Waals surface area contributed by atoms with Gasteiger partial charge in [-0.15, -0.1) is 0 Å². The monoisotopic (exact) mass is 1310 g/mol. The van der Waals surface area contributed by atoms with E-state index in [1.165, 1.54) is 77.0 Å². The Bertz CT molecular complexity index is 2200. The minimum Gasteiger partial charge on any atom is -0.271 e. The molecule has 0 atom stereocenters. The molecular formula is C54H66I4N2O4. The Morgan fingerprint density at radius 3 is 0.781 bits per heavy atom. The summed E-state index contributed by atoms with van der Waals surface area (Å²) < 4.78 is 3.31. The lowest BCUT2D eigenvalue weighted by atomic mass is 9.81. The summed E-state index contributed by atoms with van der Waals surface area (Å²) in [6, 6.07) is 8.26. The third-order valence-corrected chi connectivity index (χ3v) is 17.6. The van der Waals surface area contributed by atoms with Gasteiger partial charge in [-0.05, 0) is 173 Å². The zero-order valence-electron chi connectivity index (χ0n) is 38.5. The van der Waals surface area contributed by atoms with E-state index < -0.39 is 0 Å². The number of unbranched alkanes of at least 4 members (excludes halogenated alkanes) is 16. The Kier molecular flexibility index (Phi) is 18.4. The van der Waals surface area contributed by atoms with Crippen molar-refractivity contribution < 1.29 is 19.2 Å². The number of halogens is 4. The summed E-state index contributed by atoms with van der Waals surface area (Å²) in [7, 11) is 0. The highest BCUT2D eigenvalue weighted by Crippen LogP contribution is 2.50. The van der Waals surface area contributed by atoms with Gasteiger partial charge in [0.05, 0.1) is 22.3 Å². The molecule has 5 aromatic carbocycles. The van der Waals surface area contributed by atoms with E-state index in [0.29, 0.717) is 22.3 Å². The first-order chi connectivity index (χ1) is 31.0. The van der Waals surface area contributed by atoms with Crippen LogP contribution in [0.15, 0.2) is 24.3 Å². The Morgan fingerprint density at radius 2 is 0.562 bits per heavy atom. The molecule has 0 saturated heterocycles. The molecule has 0 N–H and O–H groups in total. The highest BCUT2D eigenvalue weighted by molar-refractivity contribution is 14.1. The van der Waals surface area contributed by atoms with Gasteiger partial charge in [0, 0.05) is 37.1 Å². The molecule has 2 aliphatic rings. The van der Waals surface area contributed by atoms with Crippen molar-refractivity contribution in [2.24, 2.45) is 0 Å². The molecule has 6 nitrogen and oxygen atoms in total. The Morgan fingerprint density at radius 1 is 0.344 bits per heavy atom. The van der Waals surface area contributed by atoms with E-state index >= 15 is 19.2 Å². The maximum atomic E-state index is 15.1. The van der Waals surface area contributed by atoms with Crippen molar-refractivity contribution in [1.82, 2.24) is 9.80 Å². The van der Waals surface area contributed by atoms with Crippen molar-refractivity contribution in [3.8, 4) is 0 Å². The number of carbonyl (C=O) groups excluding carboxylic acids is 4. The molecule has 0 bridgehead atoms. The van der Waals surface area contributed by atoms with Crippen LogP contribution in [0.25, 0.3) is 43.1 Å². The zero-order valence-corrected chi connectivity index (χ0v) is 47.1. The molecule has 0 unspecified atom stereocenters. The molecule has 0 radical (unpaired) electrons. The smallest absolute Gasteiger partial charge is 0.262 e. The fourth-order valence-corrected chi connectivity index (χ4v) is 14.1. The zero-order chi connectivity index (χ0) is 45.7. The average molecular weight is 1310 g/mol. The van der Waals surface area contributed by atoms with E-state index in [2.05, 4.69) is 142 Å². The summed E-state index contributed by atoms with van der Waals surface area (Å²) in [5, 5.41) is 7.17. The predicted molar refractivity (Wildman–Crippen MR) is 301 cm³/mol. The number of fused-ring (bicyclic) bond motifs is 2. The lowest BCUT2D eigenvalue weighted by molar-refractivity contribution is 0.0500. The normalized spacial score (nSPS) is 14.2.